The topological polar surface area (TPSA) is 88.2 Å². The highest BCUT2D eigenvalue weighted by molar-refractivity contribution is 7.92. The van der Waals surface area contributed by atoms with Crippen molar-refractivity contribution in [2.45, 2.75) is 11.4 Å². The summed E-state index contributed by atoms with van der Waals surface area (Å²) in [5.41, 5.74) is 2.35. The van der Waals surface area contributed by atoms with E-state index in [1.54, 1.807) is 36.4 Å². The van der Waals surface area contributed by atoms with Gasteiger partial charge in [-0.1, -0.05) is 23.7 Å². The lowest BCUT2D eigenvalue weighted by atomic mass is 10.2. The summed E-state index contributed by atoms with van der Waals surface area (Å²) >= 11 is 5.99. The van der Waals surface area contributed by atoms with Gasteiger partial charge in [-0.2, -0.15) is 0 Å². The third kappa shape index (κ3) is 6.29. The second kappa shape index (κ2) is 11.6. The van der Waals surface area contributed by atoms with Gasteiger partial charge in [0.2, 0.25) is 5.91 Å². The van der Waals surface area contributed by atoms with Crippen molar-refractivity contribution in [2.75, 3.05) is 49.2 Å². The lowest BCUT2D eigenvalue weighted by molar-refractivity contribution is -0.119. The maximum Gasteiger partial charge on any atom is 0.264 e. The molecule has 0 aliphatic carbocycles. The molecule has 0 saturated carbocycles. The Kier molecular flexibility index (Phi) is 8.35. The van der Waals surface area contributed by atoms with Crippen LogP contribution in [0.5, 0.6) is 5.75 Å². The van der Waals surface area contributed by atoms with Crippen molar-refractivity contribution in [1.82, 2.24) is 5.32 Å². The molecule has 0 unspecified atom stereocenters. The first-order valence-electron chi connectivity index (χ1n) is 11.5. The molecule has 3 aromatic rings. The number of halogens is 1. The van der Waals surface area contributed by atoms with Gasteiger partial charge in [-0.05, 0) is 66.2 Å². The van der Waals surface area contributed by atoms with Gasteiger partial charge >= 0.3 is 0 Å². The summed E-state index contributed by atoms with van der Waals surface area (Å²) in [5.74, 6) is 0.101. The summed E-state index contributed by atoms with van der Waals surface area (Å²) in [6.45, 7) is 3.00. The van der Waals surface area contributed by atoms with E-state index in [1.807, 2.05) is 24.3 Å². The number of anilines is 2. The van der Waals surface area contributed by atoms with Gasteiger partial charge in [0.1, 0.15) is 12.3 Å². The Morgan fingerprint density at radius 2 is 1.64 bits per heavy atom. The molecule has 0 bridgehead atoms. The van der Waals surface area contributed by atoms with Crippen molar-refractivity contribution in [2.24, 2.45) is 0 Å². The minimum absolute atomic E-state index is 0.0461. The maximum absolute atomic E-state index is 13.5. The fourth-order valence-corrected chi connectivity index (χ4v) is 5.38. The molecule has 0 atom stereocenters. The number of carbonyl (C=O) groups excluding carboxylic acids is 1. The maximum atomic E-state index is 13.5. The number of morpholine rings is 1. The minimum atomic E-state index is -4.03. The molecule has 1 amide bonds. The number of ether oxygens (including phenoxy) is 2. The van der Waals surface area contributed by atoms with Crippen molar-refractivity contribution < 1.29 is 22.7 Å². The van der Waals surface area contributed by atoms with Gasteiger partial charge in [0.25, 0.3) is 10.0 Å². The van der Waals surface area contributed by atoms with Gasteiger partial charge in [0.05, 0.1) is 30.9 Å². The Bertz CT molecular complexity index is 1260. The molecule has 1 fully saturated rings. The van der Waals surface area contributed by atoms with Crippen molar-refractivity contribution in [3.63, 3.8) is 0 Å². The molecule has 1 saturated heterocycles. The van der Waals surface area contributed by atoms with Gasteiger partial charge in [-0.25, -0.2) is 8.42 Å². The number of amides is 1. The summed E-state index contributed by atoms with van der Waals surface area (Å²) < 4.78 is 38.5. The molecule has 0 radical (unpaired) electrons. The highest BCUT2D eigenvalue weighted by Crippen LogP contribution is 2.26. The van der Waals surface area contributed by atoms with Crippen LogP contribution in [0.4, 0.5) is 11.4 Å². The quantitative estimate of drug-likeness (QED) is 0.455. The highest BCUT2D eigenvalue weighted by Gasteiger charge is 2.27. The molecule has 4 rings (SSSR count). The van der Waals surface area contributed by atoms with Crippen molar-refractivity contribution in [1.29, 1.82) is 0 Å². The van der Waals surface area contributed by atoms with Crippen LogP contribution in [0.2, 0.25) is 5.02 Å². The van der Waals surface area contributed by atoms with Crippen LogP contribution in [-0.4, -0.2) is 54.3 Å². The van der Waals surface area contributed by atoms with E-state index < -0.39 is 15.9 Å². The highest BCUT2D eigenvalue weighted by atomic mass is 35.5. The van der Waals surface area contributed by atoms with Crippen LogP contribution in [0.15, 0.2) is 77.7 Å². The first-order valence-corrected chi connectivity index (χ1v) is 13.3. The summed E-state index contributed by atoms with van der Waals surface area (Å²) in [6, 6.07) is 20.3. The molecular formula is C26H28ClN3O5S. The first kappa shape index (κ1) is 25.8. The SMILES string of the molecule is COc1ccc(S(=O)(=O)N(CC(=O)NCc2ccc(N3CCOCC3)cc2)c2ccc(Cl)cc2)cc1. The van der Waals surface area contributed by atoms with E-state index in [9.17, 15) is 13.2 Å². The average Bonchev–Trinajstić information content (AvgIpc) is 2.92. The standard InChI is InChI=1S/C26H28ClN3O5S/c1-34-24-10-12-25(13-11-24)36(32,33)30(23-8-4-21(27)5-9-23)19-26(31)28-18-20-2-6-22(7-3-20)29-14-16-35-17-15-29/h2-13H,14-19H2,1H3,(H,28,31). The number of nitrogens with one attached hydrogen (secondary N) is 1. The predicted molar refractivity (Wildman–Crippen MR) is 140 cm³/mol. The Balaban J connectivity index is 1.46. The molecule has 1 aliphatic rings. The van der Waals surface area contributed by atoms with Crippen LogP contribution >= 0.6 is 11.6 Å². The normalized spacial score (nSPS) is 13.8. The van der Waals surface area contributed by atoms with Gasteiger partial charge in [0, 0.05) is 30.3 Å². The van der Waals surface area contributed by atoms with Gasteiger partial charge in [-0.3, -0.25) is 9.10 Å². The Morgan fingerprint density at radius 3 is 2.25 bits per heavy atom. The van der Waals surface area contributed by atoms with Gasteiger partial charge < -0.3 is 19.7 Å². The second-order valence-electron chi connectivity index (χ2n) is 8.21. The van der Waals surface area contributed by atoms with Crippen LogP contribution in [0.3, 0.4) is 0 Å². The number of carbonyl (C=O) groups is 1. The zero-order chi connectivity index (χ0) is 25.5. The molecule has 190 valence electrons. The van der Waals surface area contributed by atoms with E-state index in [0.29, 0.717) is 29.7 Å². The zero-order valence-electron chi connectivity index (χ0n) is 19.9. The van der Waals surface area contributed by atoms with Gasteiger partial charge in [-0.15, -0.1) is 0 Å². The molecule has 0 aromatic heterocycles. The van der Waals surface area contributed by atoms with Crippen LogP contribution < -0.4 is 19.3 Å². The number of hydrogen-bond donors (Lipinski definition) is 1. The molecule has 36 heavy (non-hydrogen) atoms. The van der Waals surface area contributed by atoms with Crippen LogP contribution in [0.1, 0.15) is 5.56 Å². The molecule has 1 N–H and O–H groups in total. The van der Waals surface area contributed by atoms with Crippen LogP contribution in [0, 0.1) is 0 Å². The van der Waals surface area contributed by atoms with E-state index >= 15 is 0 Å². The van der Waals surface area contributed by atoms with Crippen LogP contribution in [0.25, 0.3) is 0 Å². The van der Waals surface area contributed by atoms with Crippen LogP contribution in [-0.2, 0) is 26.1 Å². The fourth-order valence-electron chi connectivity index (χ4n) is 3.83. The summed E-state index contributed by atoms with van der Waals surface area (Å²) in [6.07, 6.45) is 0. The Morgan fingerprint density at radius 1 is 1.00 bits per heavy atom. The number of nitrogens with zero attached hydrogens (tertiary/aromatic N) is 2. The zero-order valence-corrected chi connectivity index (χ0v) is 21.5. The largest absolute Gasteiger partial charge is 0.497 e. The van der Waals surface area contributed by atoms with E-state index in [-0.39, 0.29) is 18.0 Å². The monoisotopic (exact) mass is 529 g/mol. The number of benzene rings is 3. The lowest BCUT2D eigenvalue weighted by Gasteiger charge is -2.29. The molecule has 10 heteroatoms. The average molecular weight is 530 g/mol. The van der Waals surface area contributed by atoms with Crippen molar-refractivity contribution in [3.05, 3.63) is 83.4 Å². The molecular weight excluding hydrogens is 502 g/mol. The Hall–Kier alpha value is -3.27. The predicted octanol–water partition coefficient (Wildman–Crippen LogP) is 3.70. The molecule has 0 spiro atoms. The third-order valence-electron chi connectivity index (χ3n) is 5.85. The number of rotatable bonds is 9. The third-order valence-corrected chi connectivity index (χ3v) is 7.89. The molecule has 8 nitrogen and oxygen atoms in total. The van der Waals surface area contributed by atoms with Crippen molar-refractivity contribution >= 4 is 38.9 Å². The minimum Gasteiger partial charge on any atom is -0.497 e. The van der Waals surface area contributed by atoms with E-state index in [0.717, 1.165) is 28.6 Å². The fraction of sp³-hybridized carbons (Fsp3) is 0.269. The summed E-state index contributed by atoms with van der Waals surface area (Å²) in [7, 11) is -2.53. The summed E-state index contributed by atoms with van der Waals surface area (Å²) in [4.78, 5) is 15.2. The number of sulfonamides is 1. The van der Waals surface area contributed by atoms with E-state index in [4.69, 9.17) is 21.1 Å². The molecule has 1 aliphatic heterocycles. The Labute approximate surface area is 216 Å². The summed E-state index contributed by atoms with van der Waals surface area (Å²) in [5, 5.41) is 3.29. The lowest BCUT2D eigenvalue weighted by Crippen LogP contribution is -2.40. The smallest absolute Gasteiger partial charge is 0.264 e. The van der Waals surface area contributed by atoms with Gasteiger partial charge in [0.15, 0.2) is 0 Å². The molecule has 1 heterocycles. The molecule has 3 aromatic carbocycles. The van der Waals surface area contributed by atoms with Crippen molar-refractivity contribution in [3.8, 4) is 5.75 Å². The van der Waals surface area contributed by atoms with E-state index in [1.165, 1.54) is 19.2 Å². The number of methoxy groups -OCH3 is 1. The number of hydrogen-bond acceptors (Lipinski definition) is 6. The second-order valence-corrected chi connectivity index (χ2v) is 10.5. The first-order chi connectivity index (χ1) is 17.4. The van der Waals surface area contributed by atoms with E-state index in [2.05, 4.69) is 10.2 Å².